The quantitative estimate of drug-likeness (QED) is 0.339. The summed E-state index contributed by atoms with van der Waals surface area (Å²) in [7, 11) is 2.01. The number of ether oxygens (including phenoxy) is 1. The number of hydrogen-bond donors (Lipinski definition) is 0. The molecule has 0 bridgehead atoms. The van der Waals surface area contributed by atoms with Crippen LogP contribution >= 0.6 is 0 Å². The number of unbranched alkanes of at least 4 members (excludes halogenated alkanes) is 1. The summed E-state index contributed by atoms with van der Waals surface area (Å²) in [5.74, 6) is -0.179. The van der Waals surface area contributed by atoms with Crippen molar-refractivity contribution in [2.75, 3.05) is 18.6 Å². The van der Waals surface area contributed by atoms with E-state index in [2.05, 4.69) is 44.7 Å². The number of carbonyl (C=O) groups is 1. The number of nitrogens with zero attached hydrogens (tertiary/aromatic N) is 2. The van der Waals surface area contributed by atoms with Crippen molar-refractivity contribution in [3.05, 3.63) is 53.3 Å². The molecule has 1 heterocycles. The Morgan fingerprint density at radius 3 is 2.64 bits per heavy atom. The number of nitriles is 1. The van der Waals surface area contributed by atoms with Crippen molar-refractivity contribution < 1.29 is 9.53 Å². The Balaban J connectivity index is 2.14. The largest absolute Gasteiger partial charge is 0.461 e. The van der Waals surface area contributed by atoms with Crippen LogP contribution in [0.3, 0.4) is 0 Å². The molecule has 1 aromatic carbocycles. The topological polar surface area (TPSA) is 53.3 Å². The summed E-state index contributed by atoms with van der Waals surface area (Å²) >= 11 is 0. The molecule has 1 unspecified atom stereocenters. The van der Waals surface area contributed by atoms with E-state index in [4.69, 9.17) is 4.74 Å². The highest BCUT2D eigenvalue weighted by Crippen LogP contribution is 2.46. The second kappa shape index (κ2) is 9.59. The number of likely N-dealkylation sites (N-methyl/N-ethyl adjacent to an activating group) is 1. The second-order valence-electron chi connectivity index (χ2n) is 7.96. The van der Waals surface area contributed by atoms with Crippen molar-refractivity contribution in [1.29, 1.82) is 5.26 Å². The maximum Gasteiger partial charge on any atom is 0.348 e. The zero-order chi connectivity index (χ0) is 20.7. The molecule has 0 amide bonds. The summed E-state index contributed by atoms with van der Waals surface area (Å²) in [6.07, 6.45) is 7.74. The third-order valence-electron chi connectivity index (χ3n) is 5.68. The summed E-state index contributed by atoms with van der Waals surface area (Å²) in [5, 5.41) is 9.44. The van der Waals surface area contributed by atoms with Crippen molar-refractivity contribution >= 4 is 11.7 Å². The van der Waals surface area contributed by atoms with Gasteiger partial charge in [0.05, 0.1) is 6.61 Å². The summed E-state index contributed by atoms with van der Waals surface area (Å²) < 4.78 is 5.43. The van der Waals surface area contributed by atoms with Crippen molar-refractivity contribution in [3.63, 3.8) is 0 Å². The first-order valence-electron chi connectivity index (χ1n) is 10.2. The van der Waals surface area contributed by atoms with Crippen LogP contribution in [0, 0.1) is 17.2 Å². The van der Waals surface area contributed by atoms with Crippen LogP contribution in [-0.2, 0) is 14.9 Å². The van der Waals surface area contributed by atoms with E-state index in [0.29, 0.717) is 12.5 Å². The average molecular weight is 381 g/mol. The molecule has 0 aromatic heterocycles. The molecule has 4 heteroatoms. The molecule has 1 aliphatic rings. The third-order valence-corrected chi connectivity index (χ3v) is 5.68. The van der Waals surface area contributed by atoms with Crippen LogP contribution in [0.25, 0.3) is 0 Å². The Labute approximate surface area is 169 Å². The Morgan fingerprint density at radius 1 is 1.32 bits per heavy atom. The normalized spacial score (nSPS) is 17.9. The standard InChI is InChI=1S/C24H32N2O2/c1-6-8-11-18(7-2)17-28-23(27)19(16-25)14-15-22-24(3,4)20-12-9-10-13-21(20)26(22)5/h9-10,12-15,18H,6-8,11,17H2,1-5H3/b19-14+,22-15+. The number of allylic oxidation sites excluding steroid dienone is 3. The van der Waals surface area contributed by atoms with Gasteiger partial charge in [-0.05, 0) is 36.1 Å². The van der Waals surface area contributed by atoms with E-state index >= 15 is 0 Å². The van der Waals surface area contributed by atoms with Gasteiger partial charge in [0.2, 0.25) is 0 Å². The van der Waals surface area contributed by atoms with Crippen molar-refractivity contribution in [2.24, 2.45) is 5.92 Å². The minimum atomic E-state index is -0.537. The van der Waals surface area contributed by atoms with Crippen LogP contribution in [0.2, 0.25) is 0 Å². The van der Waals surface area contributed by atoms with E-state index in [9.17, 15) is 10.1 Å². The smallest absolute Gasteiger partial charge is 0.348 e. The zero-order valence-electron chi connectivity index (χ0n) is 17.8. The van der Waals surface area contributed by atoms with Gasteiger partial charge >= 0.3 is 5.97 Å². The monoisotopic (exact) mass is 380 g/mol. The number of fused-ring (bicyclic) bond motifs is 1. The van der Waals surface area contributed by atoms with Gasteiger partial charge in [-0.2, -0.15) is 5.26 Å². The van der Waals surface area contributed by atoms with E-state index in [1.807, 2.05) is 31.3 Å². The first-order valence-corrected chi connectivity index (χ1v) is 10.2. The fourth-order valence-electron chi connectivity index (χ4n) is 3.78. The first-order chi connectivity index (χ1) is 13.4. The molecule has 0 saturated heterocycles. The highest BCUT2D eigenvalue weighted by atomic mass is 16.5. The van der Waals surface area contributed by atoms with Gasteiger partial charge in [0.15, 0.2) is 0 Å². The van der Waals surface area contributed by atoms with Crippen LogP contribution in [0.15, 0.2) is 47.7 Å². The lowest BCUT2D eigenvalue weighted by atomic mass is 9.83. The Kier molecular flexibility index (Phi) is 7.45. The zero-order valence-corrected chi connectivity index (χ0v) is 17.8. The predicted molar refractivity (Wildman–Crippen MR) is 114 cm³/mol. The van der Waals surface area contributed by atoms with Crippen molar-refractivity contribution in [2.45, 2.75) is 58.8 Å². The molecule has 0 saturated carbocycles. The fourth-order valence-corrected chi connectivity index (χ4v) is 3.78. The third kappa shape index (κ3) is 4.65. The van der Waals surface area contributed by atoms with Gasteiger partial charge in [0.25, 0.3) is 0 Å². The first kappa shape index (κ1) is 21.8. The molecule has 0 fully saturated rings. The minimum absolute atomic E-state index is 0.0398. The lowest BCUT2D eigenvalue weighted by molar-refractivity contribution is -0.140. The molecular weight excluding hydrogens is 348 g/mol. The molecule has 2 rings (SSSR count). The van der Waals surface area contributed by atoms with Crippen molar-refractivity contribution in [1.82, 2.24) is 0 Å². The summed E-state index contributed by atoms with van der Waals surface area (Å²) in [6.45, 7) is 8.94. The highest BCUT2D eigenvalue weighted by molar-refractivity contribution is 5.93. The molecule has 1 atom stereocenters. The van der Waals surface area contributed by atoms with Gasteiger partial charge < -0.3 is 9.64 Å². The summed E-state index contributed by atoms with van der Waals surface area (Å²) in [5.41, 5.74) is 3.27. The molecule has 150 valence electrons. The summed E-state index contributed by atoms with van der Waals surface area (Å²) in [4.78, 5) is 14.5. The van der Waals surface area contributed by atoms with Crippen LogP contribution in [0.1, 0.15) is 58.9 Å². The average Bonchev–Trinajstić information content (AvgIpc) is 2.89. The number of anilines is 1. The van der Waals surface area contributed by atoms with Gasteiger partial charge in [0.1, 0.15) is 11.6 Å². The van der Waals surface area contributed by atoms with Gasteiger partial charge in [-0.15, -0.1) is 0 Å². The molecule has 0 aliphatic carbocycles. The number of rotatable bonds is 8. The molecule has 0 N–H and O–H groups in total. The Bertz CT molecular complexity index is 799. The van der Waals surface area contributed by atoms with E-state index in [1.165, 1.54) is 5.56 Å². The van der Waals surface area contributed by atoms with Gasteiger partial charge in [0, 0.05) is 23.8 Å². The number of carbonyl (C=O) groups excluding carboxylic acids is 1. The Morgan fingerprint density at radius 2 is 2.04 bits per heavy atom. The fraction of sp³-hybridized carbons (Fsp3) is 0.500. The minimum Gasteiger partial charge on any atom is -0.461 e. The van der Waals surface area contributed by atoms with E-state index in [1.54, 1.807) is 6.08 Å². The van der Waals surface area contributed by atoms with Crippen LogP contribution < -0.4 is 4.90 Å². The molecule has 4 nitrogen and oxygen atoms in total. The van der Waals surface area contributed by atoms with Crippen molar-refractivity contribution in [3.8, 4) is 6.07 Å². The van der Waals surface area contributed by atoms with Gasteiger partial charge in [-0.3, -0.25) is 0 Å². The number of esters is 1. The number of para-hydroxylation sites is 1. The van der Waals surface area contributed by atoms with Gasteiger partial charge in [-0.1, -0.05) is 65.2 Å². The molecule has 28 heavy (non-hydrogen) atoms. The molecular formula is C24H32N2O2. The SMILES string of the molecule is CCCCC(CC)COC(=O)/C(C#N)=C/C=C1/N(C)c2ccccc2C1(C)C. The second-order valence-corrected chi connectivity index (χ2v) is 7.96. The van der Waals surface area contributed by atoms with Crippen LogP contribution in [-0.4, -0.2) is 19.6 Å². The van der Waals surface area contributed by atoms with E-state index < -0.39 is 5.97 Å². The van der Waals surface area contributed by atoms with E-state index in [0.717, 1.165) is 37.1 Å². The number of hydrogen-bond acceptors (Lipinski definition) is 4. The van der Waals surface area contributed by atoms with Crippen LogP contribution in [0.5, 0.6) is 0 Å². The molecule has 0 spiro atoms. The molecule has 1 aliphatic heterocycles. The van der Waals surface area contributed by atoms with Gasteiger partial charge in [-0.25, -0.2) is 4.79 Å². The predicted octanol–water partition coefficient (Wildman–Crippen LogP) is 5.51. The maximum absolute atomic E-state index is 12.4. The lowest BCUT2D eigenvalue weighted by Crippen LogP contribution is -2.22. The number of benzene rings is 1. The summed E-state index contributed by atoms with van der Waals surface area (Å²) in [6, 6.07) is 10.3. The maximum atomic E-state index is 12.4. The molecule has 0 radical (unpaired) electrons. The Hall–Kier alpha value is -2.54. The highest BCUT2D eigenvalue weighted by Gasteiger charge is 2.37. The molecule has 1 aromatic rings. The van der Waals surface area contributed by atoms with E-state index in [-0.39, 0.29) is 11.0 Å². The van der Waals surface area contributed by atoms with Crippen LogP contribution in [0.4, 0.5) is 5.69 Å². The lowest BCUT2D eigenvalue weighted by Gasteiger charge is -2.23.